The molecule has 2 heterocycles. The molecule has 5 nitrogen and oxygen atoms in total. The Hall–Kier alpha value is -1.10. The molecule has 1 aliphatic heterocycles. The molecule has 0 spiro atoms. The maximum absolute atomic E-state index is 5.58. The fourth-order valence-electron chi connectivity index (χ4n) is 2.18. The van der Waals surface area contributed by atoms with Gasteiger partial charge in [-0.05, 0) is 18.3 Å². The van der Waals surface area contributed by atoms with Crippen LogP contribution in [0.15, 0.2) is 4.42 Å². The minimum atomic E-state index is 0.334. The summed E-state index contributed by atoms with van der Waals surface area (Å²) in [7, 11) is 0. The lowest BCUT2D eigenvalue weighted by molar-refractivity contribution is 0.282. The second-order valence-electron chi connectivity index (χ2n) is 5.21. The van der Waals surface area contributed by atoms with Gasteiger partial charge in [-0.2, -0.15) is 0 Å². The molecular formula is C11H20N4O. The molecule has 0 amide bonds. The van der Waals surface area contributed by atoms with E-state index in [1.807, 2.05) is 0 Å². The van der Waals surface area contributed by atoms with E-state index in [0.717, 1.165) is 13.1 Å². The normalized spacial score (nSPS) is 20.1. The van der Waals surface area contributed by atoms with Crippen LogP contribution in [0.25, 0.3) is 0 Å². The molecule has 0 aliphatic carbocycles. The van der Waals surface area contributed by atoms with E-state index in [-0.39, 0.29) is 0 Å². The zero-order chi connectivity index (χ0) is 11.6. The summed E-state index contributed by atoms with van der Waals surface area (Å²) >= 11 is 0. The maximum Gasteiger partial charge on any atom is 0.318 e. The van der Waals surface area contributed by atoms with E-state index in [1.54, 1.807) is 0 Å². The van der Waals surface area contributed by atoms with E-state index in [1.165, 1.54) is 12.8 Å². The zero-order valence-electron chi connectivity index (χ0n) is 10.1. The number of nitrogens with zero attached hydrogens (tertiary/aromatic N) is 3. The second-order valence-corrected chi connectivity index (χ2v) is 5.21. The fraction of sp³-hybridized carbons (Fsp3) is 0.818. The third-order valence-corrected chi connectivity index (χ3v) is 2.99. The lowest BCUT2D eigenvalue weighted by Crippen LogP contribution is -2.40. The van der Waals surface area contributed by atoms with Crippen molar-refractivity contribution in [1.82, 2.24) is 10.2 Å². The minimum Gasteiger partial charge on any atom is -0.408 e. The molecule has 90 valence electrons. The van der Waals surface area contributed by atoms with Crippen LogP contribution in [0.3, 0.4) is 0 Å². The van der Waals surface area contributed by atoms with E-state index in [0.29, 0.717) is 30.3 Å². The van der Waals surface area contributed by atoms with Crippen LogP contribution >= 0.6 is 0 Å². The average Bonchev–Trinajstić information content (AvgIpc) is 2.65. The quantitative estimate of drug-likeness (QED) is 0.835. The first-order valence-corrected chi connectivity index (χ1v) is 5.88. The van der Waals surface area contributed by atoms with Gasteiger partial charge in [0.15, 0.2) is 0 Å². The molecule has 0 saturated carbocycles. The van der Waals surface area contributed by atoms with Crippen LogP contribution in [0.4, 0.5) is 6.01 Å². The number of hydrogen-bond acceptors (Lipinski definition) is 5. The lowest BCUT2D eigenvalue weighted by Gasteiger charge is -2.36. The first-order valence-electron chi connectivity index (χ1n) is 5.88. The molecule has 2 N–H and O–H groups in total. The third kappa shape index (κ3) is 2.52. The monoisotopic (exact) mass is 224 g/mol. The molecule has 0 radical (unpaired) electrons. The molecule has 1 fully saturated rings. The Kier molecular flexibility index (Phi) is 3.14. The summed E-state index contributed by atoms with van der Waals surface area (Å²) in [6.45, 7) is 7.09. The summed E-state index contributed by atoms with van der Waals surface area (Å²) in [6, 6.07) is 0.649. The summed E-state index contributed by atoms with van der Waals surface area (Å²) in [5.41, 5.74) is 5.78. The smallest absolute Gasteiger partial charge is 0.318 e. The van der Waals surface area contributed by atoms with Gasteiger partial charge in [0.25, 0.3) is 0 Å². The highest BCUT2D eigenvalue weighted by Gasteiger charge is 2.28. The molecular weight excluding hydrogens is 204 g/mol. The molecule has 0 unspecified atom stereocenters. The Balaban J connectivity index is 2.05. The molecule has 1 aromatic rings. The molecule has 0 bridgehead atoms. The summed E-state index contributed by atoms with van der Waals surface area (Å²) in [6.07, 6.45) is 3.10. The molecule has 0 aromatic carbocycles. The standard InChI is InChI=1S/C11H20N4O/c1-11(2)5-3-7-15(8-11)10-14-13-9(16-10)4-6-12/h3-8,12H2,1-2H3. The van der Waals surface area contributed by atoms with E-state index >= 15 is 0 Å². The number of hydrogen-bond donors (Lipinski definition) is 1. The van der Waals surface area contributed by atoms with Crippen molar-refractivity contribution in [1.29, 1.82) is 0 Å². The molecule has 1 saturated heterocycles. The number of anilines is 1. The topological polar surface area (TPSA) is 68.2 Å². The van der Waals surface area contributed by atoms with E-state index in [4.69, 9.17) is 10.2 Å². The number of aromatic nitrogens is 2. The Labute approximate surface area is 96.0 Å². The molecule has 0 atom stereocenters. The van der Waals surface area contributed by atoms with Crippen LogP contribution in [-0.2, 0) is 6.42 Å². The van der Waals surface area contributed by atoms with Crippen molar-refractivity contribution in [3.05, 3.63) is 5.89 Å². The first-order chi connectivity index (χ1) is 7.61. The van der Waals surface area contributed by atoms with Gasteiger partial charge < -0.3 is 15.1 Å². The van der Waals surface area contributed by atoms with Crippen LogP contribution in [0.5, 0.6) is 0 Å². The Bertz CT molecular complexity index is 348. The van der Waals surface area contributed by atoms with Gasteiger partial charge in [0.1, 0.15) is 0 Å². The number of piperidine rings is 1. The maximum atomic E-state index is 5.58. The van der Waals surface area contributed by atoms with Gasteiger partial charge in [-0.15, -0.1) is 5.10 Å². The summed E-state index contributed by atoms with van der Waals surface area (Å²) in [5, 5.41) is 8.07. The highest BCUT2D eigenvalue weighted by molar-refractivity contribution is 5.25. The van der Waals surface area contributed by atoms with Crippen molar-refractivity contribution in [2.24, 2.45) is 11.1 Å². The van der Waals surface area contributed by atoms with Gasteiger partial charge in [0.2, 0.25) is 5.89 Å². The summed E-state index contributed by atoms with van der Waals surface area (Å²) < 4.78 is 5.58. The van der Waals surface area contributed by atoms with Crippen molar-refractivity contribution in [3.8, 4) is 0 Å². The van der Waals surface area contributed by atoms with E-state index in [9.17, 15) is 0 Å². The minimum absolute atomic E-state index is 0.334. The van der Waals surface area contributed by atoms with Crippen LogP contribution in [0.1, 0.15) is 32.6 Å². The van der Waals surface area contributed by atoms with Gasteiger partial charge in [-0.25, -0.2) is 0 Å². The molecule has 16 heavy (non-hydrogen) atoms. The zero-order valence-corrected chi connectivity index (χ0v) is 10.1. The predicted octanol–water partition coefficient (Wildman–Crippen LogP) is 1.20. The second kappa shape index (κ2) is 4.41. The summed E-state index contributed by atoms with van der Waals surface area (Å²) in [4.78, 5) is 2.18. The van der Waals surface area contributed by atoms with E-state index in [2.05, 4.69) is 28.9 Å². The van der Waals surface area contributed by atoms with Crippen LogP contribution in [0, 0.1) is 5.41 Å². The molecule has 1 aliphatic rings. The van der Waals surface area contributed by atoms with Crippen LogP contribution in [-0.4, -0.2) is 29.8 Å². The van der Waals surface area contributed by atoms with Crippen molar-refractivity contribution < 1.29 is 4.42 Å². The lowest BCUT2D eigenvalue weighted by atomic mass is 9.84. The van der Waals surface area contributed by atoms with Gasteiger partial charge in [-0.3, -0.25) is 0 Å². The summed E-state index contributed by atoms with van der Waals surface area (Å²) in [5.74, 6) is 0.640. The predicted molar refractivity (Wildman–Crippen MR) is 62.3 cm³/mol. The average molecular weight is 224 g/mol. The highest BCUT2D eigenvalue weighted by atomic mass is 16.4. The first kappa shape index (κ1) is 11.4. The van der Waals surface area contributed by atoms with Gasteiger partial charge in [0, 0.05) is 26.1 Å². The Morgan fingerprint density at radius 3 is 2.94 bits per heavy atom. The third-order valence-electron chi connectivity index (χ3n) is 2.99. The SMILES string of the molecule is CC1(C)CCCN(c2nnc(CCN)o2)C1. The largest absolute Gasteiger partial charge is 0.408 e. The fourth-order valence-corrected chi connectivity index (χ4v) is 2.18. The van der Waals surface area contributed by atoms with Gasteiger partial charge >= 0.3 is 6.01 Å². The van der Waals surface area contributed by atoms with Crippen molar-refractivity contribution in [2.45, 2.75) is 33.1 Å². The van der Waals surface area contributed by atoms with Gasteiger partial charge in [0.05, 0.1) is 0 Å². The van der Waals surface area contributed by atoms with Crippen molar-refractivity contribution in [2.75, 3.05) is 24.5 Å². The van der Waals surface area contributed by atoms with Crippen molar-refractivity contribution >= 4 is 6.01 Å². The molecule has 2 rings (SSSR count). The highest BCUT2D eigenvalue weighted by Crippen LogP contribution is 2.30. The van der Waals surface area contributed by atoms with Gasteiger partial charge in [-0.1, -0.05) is 18.9 Å². The number of rotatable bonds is 3. The Morgan fingerprint density at radius 2 is 2.25 bits per heavy atom. The van der Waals surface area contributed by atoms with Crippen molar-refractivity contribution in [3.63, 3.8) is 0 Å². The molecule has 1 aromatic heterocycles. The van der Waals surface area contributed by atoms with E-state index < -0.39 is 0 Å². The van der Waals surface area contributed by atoms with Crippen LogP contribution < -0.4 is 10.6 Å². The number of nitrogens with two attached hydrogens (primary N) is 1. The Morgan fingerprint density at radius 1 is 1.44 bits per heavy atom. The van der Waals surface area contributed by atoms with Crippen LogP contribution in [0.2, 0.25) is 0 Å². The molecule has 5 heteroatoms.